The van der Waals surface area contributed by atoms with Crippen LogP contribution in [0.15, 0.2) is 128 Å². The number of pyridine rings is 2. The van der Waals surface area contributed by atoms with Gasteiger partial charge in [0.1, 0.15) is 0 Å². The van der Waals surface area contributed by atoms with Gasteiger partial charge in [0.15, 0.2) is 6.29 Å². The molecule has 1 aliphatic heterocycles. The number of benzene rings is 4. The summed E-state index contributed by atoms with van der Waals surface area (Å²) in [4.78, 5) is 26.2. The molecule has 1 aliphatic rings. The fourth-order valence-electron chi connectivity index (χ4n) is 6.52. The van der Waals surface area contributed by atoms with Gasteiger partial charge < -0.3 is 21.0 Å². The third-order valence-corrected chi connectivity index (χ3v) is 8.71. The van der Waals surface area contributed by atoms with Gasteiger partial charge in [0, 0.05) is 74.5 Å². The number of nitrogens with zero attached hydrogens (tertiary/aromatic N) is 2. The minimum absolute atomic E-state index is 0.171. The first kappa shape index (κ1) is 30.0. The fraction of sp³-hybridized carbons (Fsp3) is 0.125. The summed E-state index contributed by atoms with van der Waals surface area (Å²) in [5, 5.41) is 8.51. The highest BCUT2D eigenvalue weighted by Gasteiger charge is 2.26. The number of H-pyrrole nitrogens is 2. The Morgan fingerprint density at radius 2 is 1.43 bits per heavy atom. The Labute approximate surface area is 272 Å². The summed E-state index contributed by atoms with van der Waals surface area (Å²) in [5.41, 5.74) is 15.7. The second-order valence-corrected chi connectivity index (χ2v) is 11.6. The molecule has 5 N–H and O–H groups in total. The maximum Gasteiger partial charge on any atom is 0.152 e. The van der Waals surface area contributed by atoms with Crippen molar-refractivity contribution in [3.05, 3.63) is 156 Å². The minimum atomic E-state index is 0.171. The molecule has 4 aromatic carbocycles. The van der Waals surface area contributed by atoms with Crippen molar-refractivity contribution in [1.29, 1.82) is 0 Å². The van der Waals surface area contributed by atoms with Crippen LogP contribution in [0, 0.1) is 0 Å². The lowest BCUT2D eigenvalue weighted by Gasteiger charge is -2.25. The maximum atomic E-state index is 10.6. The zero-order valence-electron chi connectivity index (χ0n) is 26.0. The smallest absolute Gasteiger partial charge is 0.152 e. The van der Waals surface area contributed by atoms with E-state index in [2.05, 4.69) is 92.0 Å². The van der Waals surface area contributed by atoms with Crippen molar-refractivity contribution in [2.45, 2.75) is 18.9 Å². The zero-order valence-corrected chi connectivity index (χ0v) is 26.0. The van der Waals surface area contributed by atoms with E-state index in [0.29, 0.717) is 12.1 Å². The fourth-order valence-corrected chi connectivity index (χ4v) is 6.52. The molecule has 232 valence electrons. The molecule has 1 unspecified atom stereocenters. The number of carbonyl (C=O) groups excluding carboxylic acids is 1. The molecule has 0 aliphatic carbocycles. The minimum Gasteiger partial charge on any atom is -0.361 e. The third-order valence-electron chi connectivity index (χ3n) is 8.71. The number of carbonyl (C=O) groups is 1. The quantitative estimate of drug-likeness (QED) is 0.152. The average Bonchev–Trinajstić information content (AvgIpc) is 3.73. The van der Waals surface area contributed by atoms with Crippen LogP contribution < -0.4 is 11.1 Å². The molecular weight excluding hydrogens is 580 g/mol. The molecule has 1 atom stereocenters. The monoisotopic (exact) mass is 616 g/mol. The van der Waals surface area contributed by atoms with Crippen LogP contribution in [0.1, 0.15) is 38.8 Å². The van der Waals surface area contributed by atoms with Crippen LogP contribution in [-0.4, -0.2) is 39.3 Å². The SMILES string of the molecule is NCCc1c[nH]c2ccccc12.O=Cc1cccc2cccnc12.c1cnc2c(C3NCCc4c3[nH]c3ccccc43)cccc2c1. The third kappa shape index (κ3) is 6.14. The number of aldehydes is 1. The normalized spacial score (nSPS) is 13.9. The Bertz CT molecular complexity index is 2290. The van der Waals surface area contributed by atoms with Crippen molar-refractivity contribution in [1.82, 2.24) is 25.3 Å². The predicted octanol–water partition coefficient (Wildman–Crippen LogP) is 7.67. The Hall–Kier alpha value is -5.63. The molecule has 4 aromatic heterocycles. The standard InChI is InChI=1S/C20H17N3.C10H12N2.C10H7NO/c1-2-9-17-14(7-1)15-10-12-22-19(20(15)23-17)16-8-3-5-13-6-4-11-21-18(13)16;11-6-5-8-7-12-10-4-2-1-3-9(8)10;12-7-9-4-1-3-8-5-2-6-11-10(8)9/h1-9,11,19,22-23H,10,12H2;1-4,7,12H,5-6,11H2;1-7H. The van der Waals surface area contributed by atoms with Crippen molar-refractivity contribution in [2.75, 3.05) is 13.1 Å². The molecule has 0 bridgehead atoms. The van der Waals surface area contributed by atoms with Crippen molar-refractivity contribution in [2.24, 2.45) is 5.73 Å². The molecule has 7 heteroatoms. The van der Waals surface area contributed by atoms with Crippen molar-refractivity contribution in [3.63, 3.8) is 0 Å². The number of hydrogen-bond acceptors (Lipinski definition) is 5. The van der Waals surface area contributed by atoms with Crippen molar-refractivity contribution in [3.8, 4) is 0 Å². The Morgan fingerprint density at radius 1 is 0.745 bits per heavy atom. The van der Waals surface area contributed by atoms with Gasteiger partial charge in [0.25, 0.3) is 0 Å². The van der Waals surface area contributed by atoms with Gasteiger partial charge in [0.05, 0.1) is 17.1 Å². The molecule has 5 heterocycles. The van der Waals surface area contributed by atoms with E-state index in [4.69, 9.17) is 5.73 Å². The lowest BCUT2D eigenvalue weighted by Crippen LogP contribution is -2.30. The van der Waals surface area contributed by atoms with Crippen LogP contribution >= 0.6 is 0 Å². The number of aromatic amines is 2. The molecule has 9 rings (SSSR count). The van der Waals surface area contributed by atoms with E-state index >= 15 is 0 Å². The molecule has 47 heavy (non-hydrogen) atoms. The summed E-state index contributed by atoms with van der Waals surface area (Å²) < 4.78 is 0. The van der Waals surface area contributed by atoms with Gasteiger partial charge in [0.2, 0.25) is 0 Å². The molecular formula is C40H36N6O. The highest BCUT2D eigenvalue weighted by atomic mass is 16.1. The topological polar surface area (TPSA) is 112 Å². The number of nitrogens with two attached hydrogens (primary N) is 1. The molecule has 0 saturated heterocycles. The molecule has 0 amide bonds. The first-order chi connectivity index (χ1) is 23.2. The highest BCUT2D eigenvalue weighted by molar-refractivity contribution is 5.95. The second kappa shape index (κ2) is 13.8. The number of rotatable bonds is 4. The highest BCUT2D eigenvalue weighted by Crippen LogP contribution is 2.35. The number of nitrogens with one attached hydrogen (secondary N) is 3. The summed E-state index contributed by atoms with van der Waals surface area (Å²) in [6, 6.07) is 37.0. The molecule has 7 nitrogen and oxygen atoms in total. The Morgan fingerprint density at radius 3 is 2.21 bits per heavy atom. The first-order valence-corrected chi connectivity index (χ1v) is 16.0. The largest absolute Gasteiger partial charge is 0.361 e. The van der Waals surface area contributed by atoms with Crippen LogP contribution in [0.2, 0.25) is 0 Å². The van der Waals surface area contributed by atoms with E-state index < -0.39 is 0 Å². The van der Waals surface area contributed by atoms with E-state index in [1.54, 1.807) is 12.3 Å². The lowest BCUT2D eigenvalue weighted by atomic mass is 9.93. The summed E-state index contributed by atoms with van der Waals surface area (Å²) in [5.74, 6) is 0. The van der Waals surface area contributed by atoms with Crippen LogP contribution in [-0.2, 0) is 12.8 Å². The Balaban J connectivity index is 0.000000124. The van der Waals surface area contributed by atoms with Crippen molar-refractivity contribution >= 4 is 49.9 Å². The van der Waals surface area contributed by atoms with Gasteiger partial charge in [-0.3, -0.25) is 14.8 Å². The second-order valence-electron chi connectivity index (χ2n) is 11.6. The molecule has 0 fully saturated rings. The summed E-state index contributed by atoms with van der Waals surface area (Å²) in [7, 11) is 0. The molecule has 0 radical (unpaired) electrons. The van der Waals surface area contributed by atoms with E-state index in [9.17, 15) is 4.79 Å². The van der Waals surface area contributed by atoms with E-state index in [1.165, 1.54) is 49.6 Å². The van der Waals surface area contributed by atoms with Gasteiger partial charge in [-0.15, -0.1) is 0 Å². The predicted molar refractivity (Wildman–Crippen MR) is 192 cm³/mol. The first-order valence-electron chi connectivity index (χ1n) is 16.0. The van der Waals surface area contributed by atoms with Crippen LogP contribution in [0.25, 0.3) is 43.6 Å². The number of fused-ring (bicyclic) bond motifs is 6. The van der Waals surface area contributed by atoms with Gasteiger partial charge in [-0.2, -0.15) is 0 Å². The van der Waals surface area contributed by atoms with E-state index in [1.807, 2.05) is 48.8 Å². The Kier molecular flexibility index (Phi) is 8.81. The van der Waals surface area contributed by atoms with Gasteiger partial charge in [-0.05, 0) is 60.8 Å². The van der Waals surface area contributed by atoms with Crippen LogP contribution in [0.4, 0.5) is 0 Å². The summed E-state index contributed by atoms with van der Waals surface area (Å²) in [6.45, 7) is 1.70. The maximum absolute atomic E-state index is 10.6. The number of hydrogen-bond donors (Lipinski definition) is 4. The van der Waals surface area contributed by atoms with Gasteiger partial charge in [-0.1, -0.05) is 78.9 Å². The summed E-state index contributed by atoms with van der Waals surface area (Å²) in [6.07, 6.45) is 8.45. The zero-order chi connectivity index (χ0) is 32.0. The molecule has 8 aromatic rings. The average molecular weight is 617 g/mol. The number of para-hydroxylation sites is 4. The molecule has 0 saturated carbocycles. The van der Waals surface area contributed by atoms with Crippen molar-refractivity contribution < 1.29 is 4.79 Å². The van der Waals surface area contributed by atoms with E-state index in [0.717, 1.165) is 42.1 Å². The van der Waals surface area contributed by atoms with Crippen LogP contribution in [0.3, 0.4) is 0 Å². The van der Waals surface area contributed by atoms with E-state index in [-0.39, 0.29) is 6.04 Å². The molecule has 0 spiro atoms. The number of aromatic nitrogens is 4. The van der Waals surface area contributed by atoms with Gasteiger partial charge in [-0.25, -0.2) is 0 Å². The summed E-state index contributed by atoms with van der Waals surface area (Å²) >= 11 is 0. The van der Waals surface area contributed by atoms with Crippen LogP contribution in [0.5, 0.6) is 0 Å². The lowest BCUT2D eigenvalue weighted by molar-refractivity contribution is 0.112. The van der Waals surface area contributed by atoms with Gasteiger partial charge >= 0.3 is 0 Å².